The van der Waals surface area contributed by atoms with Gasteiger partial charge >= 0.3 is 0 Å². The third-order valence-corrected chi connectivity index (χ3v) is 6.90. The first kappa shape index (κ1) is 33.0. The van der Waals surface area contributed by atoms with Crippen LogP contribution >= 0.6 is 0 Å². The fraction of sp³-hybridized carbons (Fsp3) is 0.531. The third-order valence-electron chi connectivity index (χ3n) is 6.90. The van der Waals surface area contributed by atoms with Gasteiger partial charge in [0.2, 0.25) is 5.91 Å². The molecule has 8 heteroatoms. The monoisotopic (exact) mass is 553 g/mol. The highest BCUT2D eigenvalue weighted by atomic mass is 16.3. The lowest BCUT2D eigenvalue weighted by Gasteiger charge is -2.31. The lowest BCUT2D eigenvalue weighted by Crippen LogP contribution is -2.52. The van der Waals surface area contributed by atoms with E-state index >= 15 is 0 Å². The highest BCUT2D eigenvalue weighted by molar-refractivity contribution is 6.00. The molecule has 0 aromatic heterocycles. The Kier molecular flexibility index (Phi) is 13.3. The van der Waals surface area contributed by atoms with Crippen molar-refractivity contribution in [1.82, 2.24) is 15.5 Å². The van der Waals surface area contributed by atoms with Gasteiger partial charge in [0.15, 0.2) is 0 Å². The van der Waals surface area contributed by atoms with Crippen LogP contribution in [0.15, 0.2) is 48.5 Å². The summed E-state index contributed by atoms with van der Waals surface area (Å²) in [4.78, 5) is 41.1. The smallest absolute Gasteiger partial charge is 0.253 e. The molecule has 0 aliphatic rings. The fourth-order valence-corrected chi connectivity index (χ4v) is 4.75. The molecule has 0 spiro atoms. The van der Waals surface area contributed by atoms with Crippen molar-refractivity contribution in [3.8, 4) is 0 Å². The van der Waals surface area contributed by atoms with Crippen molar-refractivity contribution in [3.05, 3.63) is 70.8 Å². The number of nitrogens with zero attached hydrogens (tertiary/aromatic N) is 1. The molecule has 0 fully saturated rings. The Morgan fingerprint density at radius 2 is 1.48 bits per heavy atom. The van der Waals surface area contributed by atoms with Crippen molar-refractivity contribution in [2.45, 2.75) is 85.6 Å². The average molecular weight is 554 g/mol. The number of benzene rings is 2. The van der Waals surface area contributed by atoms with Crippen LogP contribution in [0.4, 0.5) is 0 Å². The maximum absolute atomic E-state index is 13.4. The van der Waals surface area contributed by atoms with Crippen LogP contribution in [-0.4, -0.2) is 64.2 Å². The van der Waals surface area contributed by atoms with E-state index in [-0.39, 0.29) is 11.8 Å². The minimum atomic E-state index is -1.40. The molecule has 2 aromatic carbocycles. The second-order valence-corrected chi connectivity index (χ2v) is 11.1. The summed E-state index contributed by atoms with van der Waals surface area (Å²) in [7, 11) is 0. The molecular formula is C32H47N3O5. The molecule has 4 N–H and O–H groups in total. The molecule has 220 valence electrons. The zero-order valence-corrected chi connectivity index (χ0v) is 24.8. The summed E-state index contributed by atoms with van der Waals surface area (Å²) in [5, 5.41) is 27.7. The SMILES string of the molecule is CCCN(CCC)C(=O)c1cc(C)cc(C(=O)NC(CC(C)C)C(O)C(O)C(C)C(=O)NCc2ccccc2)c1. The summed E-state index contributed by atoms with van der Waals surface area (Å²) in [6, 6.07) is 13.7. The van der Waals surface area contributed by atoms with Gasteiger partial charge in [0.05, 0.1) is 18.1 Å². The maximum atomic E-state index is 13.4. The average Bonchev–Trinajstić information content (AvgIpc) is 2.93. The summed E-state index contributed by atoms with van der Waals surface area (Å²) in [6.07, 6.45) is -0.707. The fourth-order valence-electron chi connectivity index (χ4n) is 4.75. The number of carbonyl (C=O) groups excluding carboxylic acids is 3. The van der Waals surface area contributed by atoms with Crippen molar-refractivity contribution < 1.29 is 24.6 Å². The van der Waals surface area contributed by atoms with E-state index in [9.17, 15) is 24.6 Å². The second-order valence-electron chi connectivity index (χ2n) is 11.1. The Morgan fingerprint density at radius 1 is 0.875 bits per heavy atom. The van der Waals surface area contributed by atoms with Gasteiger partial charge in [0.1, 0.15) is 6.10 Å². The van der Waals surface area contributed by atoms with E-state index in [4.69, 9.17) is 0 Å². The van der Waals surface area contributed by atoms with Gasteiger partial charge in [-0.25, -0.2) is 0 Å². The van der Waals surface area contributed by atoms with Crippen molar-refractivity contribution in [3.63, 3.8) is 0 Å². The number of hydrogen-bond acceptors (Lipinski definition) is 5. The Morgan fingerprint density at radius 3 is 2.05 bits per heavy atom. The van der Waals surface area contributed by atoms with Crippen LogP contribution in [0.3, 0.4) is 0 Å². The number of nitrogens with one attached hydrogen (secondary N) is 2. The highest BCUT2D eigenvalue weighted by Gasteiger charge is 2.35. The van der Waals surface area contributed by atoms with Crippen LogP contribution in [0.25, 0.3) is 0 Å². The van der Waals surface area contributed by atoms with Crippen molar-refractivity contribution in [2.75, 3.05) is 13.1 Å². The lowest BCUT2D eigenvalue weighted by molar-refractivity contribution is -0.132. The molecule has 0 saturated carbocycles. The van der Waals surface area contributed by atoms with E-state index in [2.05, 4.69) is 10.6 Å². The summed E-state index contributed by atoms with van der Waals surface area (Å²) in [5.41, 5.74) is 2.44. The Labute approximate surface area is 239 Å². The van der Waals surface area contributed by atoms with Gasteiger partial charge in [-0.15, -0.1) is 0 Å². The summed E-state index contributed by atoms with van der Waals surface area (Å²) in [5.74, 6) is -1.77. The zero-order chi connectivity index (χ0) is 29.8. The molecule has 2 aromatic rings. The van der Waals surface area contributed by atoms with Crippen LogP contribution in [0.1, 0.15) is 85.7 Å². The standard InChI is InChI=1S/C32H47N3O5/c1-7-14-35(15-8-2)32(40)26-18-22(5)17-25(19-26)31(39)34-27(16-21(3)4)29(37)28(36)23(6)30(38)33-20-24-12-10-9-11-13-24/h9-13,17-19,21,23,27-29,36-37H,7-8,14-16,20H2,1-6H3,(H,33,38)(H,34,39). The Bertz CT molecular complexity index is 1100. The molecule has 4 atom stereocenters. The molecule has 8 nitrogen and oxygen atoms in total. The first-order valence-corrected chi connectivity index (χ1v) is 14.4. The summed E-state index contributed by atoms with van der Waals surface area (Å²) < 4.78 is 0. The molecule has 0 bridgehead atoms. The molecule has 4 unspecified atom stereocenters. The van der Waals surface area contributed by atoms with Gasteiger partial charge < -0.3 is 25.7 Å². The number of aryl methyl sites for hydroxylation is 1. The molecule has 0 saturated heterocycles. The molecule has 40 heavy (non-hydrogen) atoms. The van der Waals surface area contributed by atoms with Gasteiger partial charge in [-0.2, -0.15) is 0 Å². The number of hydrogen-bond donors (Lipinski definition) is 4. The van der Waals surface area contributed by atoms with Crippen LogP contribution in [0.5, 0.6) is 0 Å². The number of carbonyl (C=O) groups is 3. The van der Waals surface area contributed by atoms with E-state index in [1.807, 2.05) is 65.0 Å². The molecular weight excluding hydrogens is 506 g/mol. The molecule has 2 rings (SSSR count). The Balaban J connectivity index is 2.17. The molecule has 0 aliphatic carbocycles. The highest BCUT2D eigenvalue weighted by Crippen LogP contribution is 2.19. The van der Waals surface area contributed by atoms with E-state index < -0.39 is 36.0 Å². The van der Waals surface area contributed by atoms with Crippen LogP contribution in [0.2, 0.25) is 0 Å². The van der Waals surface area contributed by atoms with E-state index in [1.165, 1.54) is 0 Å². The largest absolute Gasteiger partial charge is 0.390 e. The van der Waals surface area contributed by atoms with Crippen molar-refractivity contribution in [1.29, 1.82) is 0 Å². The topological polar surface area (TPSA) is 119 Å². The minimum absolute atomic E-state index is 0.0978. The number of rotatable bonds is 15. The van der Waals surface area contributed by atoms with Gasteiger partial charge in [-0.05, 0) is 61.4 Å². The third kappa shape index (κ3) is 9.75. The number of amides is 3. The molecule has 0 aliphatic heterocycles. The second kappa shape index (κ2) is 16.1. The predicted octanol–water partition coefficient (Wildman–Crippen LogP) is 4.08. The summed E-state index contributed by atoms with van der Waals surface area (Å²) in [6.45, 7) is 12.9. The van der Waals surface area contributed by atoms with Gasteiger partial charge in [0.25, 0.3) is 11.8 Å². The molecule has 3 amide bonds. The van der Waals surface area contributed by atoms with E-state index in [1.54, 1.807) is 30.0 Å². The maximum Gasteiger partial charge on any atom is 0.253 e. The minimum Gasteiger partial charge on any atom is -0.390 e. The van der Waals surface area contributed by atoms with Gasteiger partial charge in [-0.3, -0.25) is 14.4 Å². The first-order chi connectivity index (χ1) is 19.0. The first-order valence-electron chi connectivity index (χ1n) is 14.4. The van der Waals surface area contributed by atoms with Crippen molar-refractivity contribution >= 4 is 17.7 Å². The quantitative estimate of drug-likeness (QED) is 0.265. The van der Waals surface area contributed by atoms with Crippen LogP contribution in [0, 0.1) is 18.8 Å². The number of aliphatic hydroxyl groups excluding tert-OH is 2. The Hall–Kier alpha value is -3.23. The lowest BCUT2D eigenvalue weighted by atomic mass is 9.89. The van der Waals surface area contributed by atoms with E-state index in [0.717, 1.165) is 24.0 Å². The van der Waals surface area contributed by atoms with Gasteiger partial charge in [0, 0.05) is 30.8 Å². The molecule has 0 heterocycles. The van der Waals surface area contributed by atoms with Crippen LogP contribution in [-0.2, 0) is 11.3 Å². The predicted molar refractivity (Wildman–Crippen MR) is 158 cm³/mol. The summed E-state index contributed by atoms with van der Waals surface area (Å²) >= 11 is 0. The van der Waals surface area contributed by atoms with Crippen LogP contribution < -0.4 is 10.6 Å². The molecule has 0 radical (unpaired) electrons. The van der Waals surface area contributed by atoms with Gasteiger partial charge in [-0.1, -0.05) is 65.0 Å². The van der Waals surface area contributed by atoms with E-state index in [0.29, 0.717) is 37.2 Å². The van der Waals surface area contributed by atoms with Crippen molar-refractivity contribution in [2.24, 2.45) is 11.8 Å². The zero-order valence-electron chi connectivity index (χ0n) is 24.8. The number of aliphatic hydroxyl groups is 2. The normalized spacial score (nSPS) is 14.2.